The zero-order valence-corrected chi connectivity index (χ0v) is 12.4. The van der Waals surface area contributed by atoms with E-state index in [1.54, 1.807) is 0 Å². The Morgan fingerprint density at radius 2 is 2.11 bits per heavy atom. The van der Waals surface area contributed by atoms with E-state index in [0.717, 1.165) is 64.2 Å². The third kappa shape index (κ3) is 4.18. The highest BCUT2D eigenvalue weighted by Crippen LogP contribution is 2.32. The van der Waals surface area contributed by atoms with Crippen molar-refractivity contribution in [3.63, 3.8) is 0 Å². The Bertz CT molecular complexity index is 311. The minimum absolute atomic E-state index is 0.290. The number of amides is 1. The van der Waals surface area contributed by atoms with Gasteiger partial charge < -0.3 is 14.9 Å². The predicted octanol–water partition coefficient (Wildman–Crippen LogP) is 1.48. The first-order chi connectivity index (χ1) is 8.98. The van der Waals surface area contributed by atoms with Crippen molar-refractivity contribution >= 4 is 5.91 Å². The van der Waals surface area contributed by atoms with Crippen LogP contribution in [-0.2, 0) is 4.79 Å². The van der Waals surface area contributed by atoms with Crippen LogP contribution in [0, 0.1) is 5.92 Å². The van der Waals surface area contributed by atoms with Crippen LogP contribution in [0.4, 0.5) is 0 Å². The van der Waals surface area contributed by atoms with E-state index in [4.69, 9.17) is 0 Å². The van der Waals surface area contributed by atoms with Crippen LogP contribution in [0.1, 0.15) is 45.4 Å². The summed E-state index contributed by atoms with van der Waals surface area (Å²) in [4.78, 5) is 15.7. The van der Waals surface area contributed by atoms with Gasteiger partial charge in [0.2, 0.25) is 5.91 Å². The summed E-state index contributed by atoms with van der Waals surface area (Å²) in [5, 5.41) is 10.6. The Hall–Kier alpha value is -0.610. The standard InChI is InChI=1S/C15H28N2O2/c1-13-5-7-15(19,8-6-13)12-16(2)10-11-17-9-3-4-14(17)18/h13,19H,3-12H2,1-2H3. The quantitative estimate of drug-likeness (QED) is 0.821. The maximum absolute atomic E-state index is 11.5. The van der Waals surface area contributed by atoms with Crippen LogP contribution in [0.25, 0.3) is 0 Å². The highest BCUT2D eigenvalue weighted by atomic mass is 16.3. The third-order valence-electron chi connectivity index (χ3n) is 4.69. The number of likely N-dealkylation sites (tertiary alicyclic amines) is 1. The molecule has 0 radical (unpaired) electrons. The van der Waals surface area contributed by atoms with E-state index in [-0.39, 0.29) is 0 Å². The molecule has 0 bridgehead atoms. The van der Waals surface area contributed by atoms with Crippen LogP contribution < -0.4 is 0 Å². The minimum Gasteiger partial charge on any atom is -0.389 e. The largest absolute Gasteiger partial charge is 0.389 e. The lowest BCUT2D eigenvalue weighted by Crippen LogP contribution is -2.46. The lowest BCUT2D eigenvalue weighted by Gasteiger charge is -2.38. The van der Waals surface area contributed by atoms with Gasteiger partial charge in [-0.15, -0.1) is 0 Å². The first kappa shape index (κ1) is 14.8. The summed E-state index contributed by atoms with van der Waals surface area (Å²) in [6.45, 7) is 5.59. The summed E-state index contributed by atoms with van der Waals surface area (Å²) >= 11 is 0. The zero-order chi connectivity index (χ0) is 13.9. The van der Waals surface area contributed by atoms with E-state index < -0.39 is 5.60 Å². The molecule has 0 aromatic heterocycles. The van der Waals surface area contributed by atoms with Gasteiger partial charge in [0, 0.05) is 32.6 Å². The number of aliphatic hydroxyl groups is 1. The molecule has 0 aromatic rings. The van der Waals surface area contributed by atoms with Crippen molar-refractivity contribution in [3.05, 3.63) is 0 Å². The number of hydrogen-bond acceptors (Lipinski definition) is 3. The molecule has 4 heteroatoms. The van der Waals surface area contributed by atoms with E-state index in [2.05, 4.69) is 18.9 Å². The van der Waals surface area contributed by atoms with Gasteiger partial charge in [0.15, 0.2) is 0 Å². The van der Waals surface area contributed by atoms with Gasteiger partial charge in [-0.25, -0.2) is 0 Å². The molecule has 1 amide bonds. The zero-order valence-electron chi connectivity index (χ0n) is 12.4. The van der Waals surface area contributed by atoms with Gasteiger partial charge in [0.25, 0.3) is 0 Å². The first-order valence-corrected chi connectivity index (χ1v) is 7.67. The first-order valence-electron chi connectivity index (χ1n) is 7.67. The fourth-order valence-electron chi connectivity index (χ4n) is 3.27. The van der Waals surface area contributed by atoms with Crippen molar-refractivity contribution in [2.45, 2.75) is 51.0 Å². The van der Waals surface area contributed by atoms with E-state index >= 15 is 0 Å². The van der Waals surface area contributed by atoms with E-state index in [1.807, 2.05) is 4.90 Å². The molecule has 1 heterocycles. The lowest BCUT2D eigenvalue weighted by molar-refractivity contribution is -0.127. The highest BCUT2D eigenvalue weighted by Gasteiger charge is 2.32. The smallest absolute Gasteiger partial charge is 0.222 e. The molecule has 1 saturated carbocycles. The van der Waals surface area contributed by atoms with E-state index in [0.29, 0.717) is 12.3 Å². The highest BCUT2D eigenvalue weighted by molar-refractivity contribution is 5.78. The number of likely N-dealkylation sites (N-methyl/N-ethyl adjacent to an activating group) is 1. The topological polar surface area (TPSA) is 43.8 Å². The molecule has 0 atom stereocenters. The molecule has 4 nitrogen and oxygen atoms in total. The second kappa shape index (κ2) is 6.23. The maximum atomic E-state index is 11.5. The number of hydrogen-bond donors (Lipinski definition) is 1. The molecule has 1 aliphatic heterocycles. The van der Waals surface area contributed by atoms with Gasteiger partial charge in [-0.3, -0.25) is 4.79 Å². The van der Waals surface area contributed by atoms with Crippen molar-refractivity contribution in [1.29, 1.82) is 0 Å². The van der Waals surface area contributed by atoms with Crippen LogP contribution in [0.3, 0.4) is 0 Å². The maximum Gasteiger partial charge on any atom is 0.222 e. The van der Waals surface area contributed by atoms with Crippen molar-refractivity contribution in [1.82, 2.24) is 9.80 Å². The number of rotatable bonds is 5. The number of nitrogens with zero attached hydrogens (tertiary/aromatic N) is 2. The molecule has 0 aromatic carbocycles. The normalized spacial score (nSPS) is 32.3. The predicted molar refractivity (Wildman–Crippen MR) is 75.9 cm³/mol. The second-order valence-corrected chi connectivity index (χ2v) is 6.63. The molecular formula is C15H28N2O2. The summed E-state index contributed by atoms with van der Waals surface area (Å²) < 4.78 is 0. The summed E-state index contributed by atoms with van der Waals surface area (Å²) in [7, 11) is 2.05. The van der Waals surface area contributed by atoms with Gasteiger partial charge in [-0.2, -0.15) is 0 Å². The number of carbonyl (C=O) groups excluding carboxylic acids is 1. The Labute approximate surface area is 116 Å². The third-order valence-corrected chi connectivity index (χ3v) is 4.69. The molecule has 1 N–H and O–H groups in total. The average Bonchev–Trinajstić information content (AvgIpc) is 2.76. The number of carbonyl (C=O) groups is 1. The van der Waals surface area contributed by atoms with Crippen LogP contribution in [0.15, 0.2) is 0 Å². The molecule has 0 spiro atoms. The molecule has 0 unspecified atom stereocenters. The minimum atomic E-state index is -0.504. The van der Waals surface area contributed by atoms with Crippen molar-refractivity contribution in [2.24, 2.45) is 5.92 Å². The Kier molecular flexibility index (Phi) is 4.85. The molecule has 2 rings (SSSR count). The van der Waals surface area contributed by atoms with Crippen LogP contribution in [0.2, 0.25) is 0 Å². The molecule has 2 aliphatic rings. The summed E-state index contributed by atoms with van der Waals surface area (Å²) in [6, 6.07) is 0. The summed E-state index contributed by atoms with van der Waals surface area (Å²) in [5.41, 5.74) is -0.504. The van der Waals surface area contributed by atoms with Crippen molar-refractivity contribution in [2.75, 3.05) is 33.2 Å². The van der Waals surface area contributed by atoms with Gasteiger partial charge in [-0.05, 0) is 45.1 Å². The van der Waals surface area contributed by atoms with Gasteiger partial charge in [0.1, 0.15) is 0 Å². The Morgan fingerprint density at radius 1 is 1.42 bits per heavy atom. The SMILES string of the molecule is CC1CCC(O)(CN(C)CCN2CCCC2=O)CC1. The van der Waals surface area contributed by atoms with Crippen molar-refractivity contribution in [3.8, 4) is 0 Å². The van der Waals surface area contributed by atoms with Crippen LogP contribution in [0.5, 0.6) is 0 Å². The Balaban J connectivity index is 1.71. The molecule has 2 fully saturated rings. The molecule has 1 saturated heterocycles. The summed E-state index contributed by atoms with van der Waals surface area (Å²) in [6.07, 6.45) is 5.82. The molecular weight excluding hydrogens is 240 g/mol. The van der Waals surface area contributed by atoms with E-state index in [9.17, 15) is 9.90 Å². The molecule has 19 heavy (non-hydrogen) atoms. The van der Waals surface area contributed by atoms with Gasteiger partial charge >= 0.3 is 0 Å². The average molecular weight is 268 g/mol. The van der Waals surface area contributed by atoms with Crippen molar-refractivity contribution < 1.29 is 9.90 Å². The lowest BCUT2D eigenvalue weighted by atomic mass is 9.79. The monoisotopic (exact) mass is 268 g/mol. The van der Waals surface area contributed by atoms with Crippen LogP contribution >= 0.6 is 0 Å². The molecule has 110 valence electrons. The molecule has 1 aliphatic carbocycles. The van der Waals surface area contributed by atoms with E-state index in [1.165, 1.54) is 0 Å². The second-order valence-electron chi connectivity index (χ2n) is 6.63. The van der Waals surface area contributed by atoms with Crippen LogP contribution in [-0.4, -0.2) is 59.6 Å². The summed E-state index contributed by atoms with van der Waals surface area (Å²) in [5.74, 6) is 1.05. The van der Waals surface area contributed by atoms with Gasteiger partial charge in [0.05, 0.1) is 5.60 Å². The fraction of sp³-hybridized carbons (Fsp3) is 0.933. The fourth-order valence-corrected chi connectivity index (χ4v) is 3.27. The van der Waals surface area contributed by atoms with Gasteiger partial charge in [-0.1, -0.05) is 6.92 Å². The Morgan fingerprint density at radius 3 is 2.68 bits per heavy atom.